The normalized spacial score (nSPS) is 12.6. The van der Waals surface area contributed by atoms with Crippen LogP contribution in [0, 0.1) is 0 Å². The summed E-state index contributed by atoms with van der Waals surface area (Å²) in [6, 6.07) is 6.55. The first-order chi connectivity index (χ1) is 8.40. The first-order valence-electron chi connectivity index (χ1n) is 6.71. The number of aryl methyl sites for hydroxylation is 2. The van der Waals surface area contributed by atoms with Crippen molar-refractivity contribution in [3.05, 3.63) is 29.3 Å². The minimum Gasteiger partial charge on any atom is -0.494 e. The predicted molar refractivity (Wildman–Crippen MR) is 78.3 cm³/mol. The van der Waals surface area contributed by atoms with Crippen molar-refractivity contribution < 1.29 is 4.74 Å². The number of unbranched alkanes of at least 4 members (excludes halogenated alkanes) is 1. The van der Waals surface area contributed by atoms with Gasteiger partial charge in [-0.1, -0.05) is 35.8 Å². The molecule has 1 aromatic rings. The average molecular weight is 299 g/mol. The minimum absolute atomic E-state index is 0.838. The Morgan fingerprint density at radius 3 is 2.65 bits per heavy atom. The Morgan fingerprint density at radius 1 is 1.12 bits per heavy atom. The number of benzene rings is 1. The van der Waals surface area contributed by atoms with Gasteiger partial charge in [0.15, 0.2) is 0 Å². The highest BCUT2D eigenvalue weighted by molar-refractivity contribution is 9.09. The predicted octanol–water partition coefficient (Wildman–Crippen LogP) is 4.76. The number of ether oxygens (including phenoxy) is 1. The molecule has 1 nitrogen and oxygen atoms in total. The second-order valence-electron chi connectivity index (χ2n) is 4.03. The minimum atomic E-state index is 0.838. The fraction of sp³-hybridized carbons (Fsp3) is 0.600. The lowest BCUT2D eigenvalue weighted by molar-refractivity contribution is 0.309. The van der Waals surface area contributed by atoms with Gasteiger partial charge in [0, 0.05) is 5.33 Å². The highest BCUT2D eigenvalue weighted by Crippen LogP contribution is 2.26. The van der Waals surface area contributed by atoms with Gasteiger partial charge in [-0.15, -0.1) is 0 Å². The molecule has 0 bridgehead atoms. The van der Waals surface area contributed by atoms with Crippen LogP contribution in [0.3, 0.4) is 0 Å². The number of alkyl halides is 1. The summed E-state index contributed by atoms with van der Waals surface area (Å²) in [5.41, 5.74) is 3.01. The Morgan fingerprint density at radius 2 is 1.88 bits per heavy atom. The number of halogens is 1. The summed E-state index contributed by atoms with van der Waals surface area (Å²) in [5, 5.41) is 1.07. The van der Waals surface area contributed by atoms with Gasteiger partial charge in [-0.25, -0.2) is 0 Å². The molecule has 0 aliphatic heterocycles. The van der Waals surface area contributed by atoms with Gasteiger partial charge in [-0.2, -0.15) is 0 Å². The molecule has 1 aromatic carbocycles. The van der Waals surface area contributed by atoms with E-state index in [1.807, 2.05) is 13.8 Å². The summed E-state index contributed by atoms with van der Waals surface area (Å²) in [4.78, 5) is 0. The summed E-state index contributed by atoms with van der Waals surface area (Å²) in [6.45, 7) is 4.84. The van der Waals surface area contributed by atoms with Gasteiger partial charge in [0.1, 0.15) is 5.75 Å². The summed E-state index contributed by atoms with van der Waals surface area (Å²) in [6.07, 6.45) is 6.10. The van der Waals surface area contributed by atoms with Crippen molar-refractivity contribution in [3.8, 4) is 5.75 Å². The van der Waals surface area contributed by atoms with Crippen LogP contribution in [0.15, 0.2) is 18.2 Å². The van der Waals surface area contributed by atoms with Crippen LogP contribution in [-0.2, 0) is 12.8 Å². The zero-order chi connectivity index (χ0) is 12.5. The summed E-state index contributed by atoms with van der Waals surface area (Å²) < 4.78 is 5.71. The zero-order valence-electron chi connectivity index (χ0n) is 11.0. The fourth-order valence-electron chi connectivity index (χ4n) is 2.02. The first kappa shape index (κ1) is 14.6. The van der Waals surface area contributed by atoms with Crippen molar-refractivity contribution in [3.63, 3.8) is 0 Å². The van der Waals surface area contributed by atoms with Crippen LogP contribution in [-0.4, -0.2) is 11.9 Å². The lowest BCUT2D eigenvalue weighted by Gasteiger charge is -2.07. The average Bonchev–Trinajstić information content (AvgIpc) is 2.84. The van der Waals surface area contributed by atoms with Crippen LogP contribution >= 0.6 is 15.9 Å². The third-order valence-corrected chi connectivity index (χ3v) is 3.43. The van der Waals surface area contributed by atoms with Gasteiger partial charge in [-0.3, -0.25) is 0 Å². The zero-order valence-corrected chi connectivity index (χ0v) is 12.6. The van der Waals surface area contributed by atoms with E-state index in [0.717, 1.165) is 24.1 Å². The fourth-order valence-corrected chi connectivity index (χ4v) is 2.42. The molecular weight excluding hydrogens is 276 g/mol. The van der Waals surface area contributed by atoms with E-state index in [0.29, 0.717) is 0 Å². The Hall–Kier alpha value is -0.500. The topological polar surface area (TPSA) is 9.23 Å². The molecule has 0 unspecified atom stereocenters. The lowest BCUT2D eigenvalue weighted by Crippen LogP contribution is -1.98. The van der Waals surface area contributed by atoms with E-state index in [1.165, 1.54) is 36.8 Å². The van der Waals surface area contributed by atoms with Crippen LogP contribution in [0.25, 0.3) is 0 Å². The Kier molecular flexibility index (Phi) is 7.34. The summed E-state index contributed by atoms with van der Waals surface area (Å²) in [7, 11) is 0. The number of fused-ring (bicyclic) bond motifs is 1. The quantitative estimate of drug-likeness (QED) is 0.563. The number of hydrogen-bond donors (Lipinski definition) is 0. The van der Waals surface area contributed by atoms with Crippen molar-refractivity contribution in [2.75, 3.05) is 11.9 Å². The van der Waals surface area contributed by atoms with Crippen LogP contribution in [0.4, 0.5) is 0 Å². The van der Waals surface area contributed by atoms with E-state index in [4.69, 9.17) is 4.74 Å². The van der Waals surface area contributed by atoms with Gasteiger partial charge in [0.05, 0.1) is 6.61 Å². The van der Waals surface area contributed by atoms with Gasteiger partial charge in [0.2, 0.25) is 0 Å². The molecule has 2 rings (SSSR count). The van der Waals surface area contributed by atoms with Gasteiger partial charge in [0.25, 0.3) is 0 Å². The van der Waals surface area contributed by atoms with Crippen molar-refractivity contribution in [1.29, 1.82) is 0 Å². The van der Waals surface area contributed by atoms with Crippen LogP contribution < -0.4 is 4.74 Å². The molecule has 17 heavy (non-hydrogen) atoms. The maximum atomic E-state index is 5.71. The molecule has 0 amide bonds. The second kappa shape index (κ2) is 8.57. The van der Waals surface area contributed by atoms with Crippen LogP contribution in [0.1, 0.15) is 44.2 Å². The molecule has 2 heteroatoms. The SMILES string of the molecule is BrCCCCOc1ccc2c(c1)CCC2.CC. The largest absolute Gasteiger partial charge is 0.494 e. The van der Waals surface area contributed by atoms with E-state index < -0.39 is 0 Å². The van der Waals surface area contributed by atoms with E-state index >= 15 is 0 Å². The second-order valence-corrected chi connectivity index (χ2v) is 4.82. The van der Waals surface area contributed by atoms with E-state index in [9.17, 15) is 0 Å². The van der Waals surface area contributed by atoms with Crippen molar-refractivity contribution in [1.82, 2.24) is 0 Å². The highest BCUT2D eigenvalue weighted by atomic mass is 79.9. The maximum Gasteiger partial charge on any atom is 0.119 e. The third-order valence-electron chi connectivity index (χ3n) is 2.87. The third kappa shape index (κ3) is 4.71. The Balaban J connectivity index is 0.000000686. The molecule has 0 aromatic heterocycles. The Labute approximate surface area is 114 Å². The smallest absolute Gasteiger partial charge is 0.119 e. The maximum absolute atomic E-state index is 5.71. The van der Waals surface area contributed by atoms with E-state index in [1.54, 1.807) is 0 Å². The molecule has 0 spiro atoms. The number of rotatable bonds is 5. The van der Waals surface area contributed by atoms with Gasteiger partial charge < -0.3 is 4.74 Å². The molecule has 1 aliphatic rings. The molecule has 0 saturated heterocycles. The molecule has 0 N–H and O–H groups in total. The monoisotopic (exact) mass is 298 g/mol. The van der Waals surface area contributed by atoms with E-state index in [-0.39, 0.29) is 0 Å². The first-order valence-corrected chi connectivity index (χ1v) is 7.83. The standard InChI is InChI=1S/C13H17BrO.C2H6/c14-8-1-2-9-15-13-7-6-11-4-3-5-12(11)10-13;1-2/h6-7,10H,1-5,8-9H2;1-2H3. The molecule has 0 radical (unpaired) electrons. The molecule has 96 valence electrons. The van der Waals surface area contributed by atoms with E-state index in [2.05, 4.69) is 34.1 Å². The summed E-state index contributed by atoms with van der Waals surface area (Å²) >= 11 is 3.42. The van der Waals surface area contributed by atoms with Gasteiger partial charge >= 0.3 is 0 Å². The number of hydrogen-bond acceptors (Lipinski definition) is 1. The molecule has 0 heterocycles. The van der Waals surface area contributed by atoms with Crippen molar-refractivity contribution in [2.45, 2.75) is 46.0 Å². The molecule has 0 atom stereocenters. The molecule has 0 saturated carbocycles. The van der Waals surface area contributed by atoms with Crippen molar-refractivity contribution >= 4 is 15.9 Å². The molecule has 1 aliphatic carbocycles. The van der Waals surface area contributed by atoms with Crippen molar-refractivity contribution in [2.24, 2.45) is 0 Å². The molecule has 0 fully saturated rings. The highest BCUT2D eigenvalue weighted by Gasteiger charge is 2.10. The van der Waals surface area contributed by atoms with Gasteiger partial charge in [-0.05, 0) is 55.4 Å². The Bertz CT molecular complexity index is 323. The molecular formula is C15H23BrO. The lowest BCUT2D eigenvalue weighted by atomic mass is 10.1. The van der Waals surface area contributed by atoms with Crippen LogP contribution in [0.2, 0.25) is 0 Å². The van der Waals surface area contributed by atoms with Crippen LogP contribution in [0.5, 0.6) is 5.75 Å². The summed E-state index contributed by atoms with van der Waals surface area (Å²) in [5.74, 6) is 1.05.